The molecule has 1 saturated heterocycles. The smallest absolute Gasteiger partial charge is 0.338 e. The highest BCUT2D eigenvalue weighted by Crippen LogP contribution is 2.38. The second-order valence-electron chi connectivity index (χ2n) is 11.2. The van der Waals surface area contributed by atoms with Crippen molar-refractivity contribution in [1.82, 2.24) is 0 Å². The Morgan fingerprint density at radius 1 is 0.583 bits per heavy atom. The lowest BCUT2D eigenvalue weighted by molar-refractivity contribution is -0.222. The summed E-state index contributed by atoms with van der Waals surface area (Å²) in [6.07, 6.45) is -0.0606. The Bertz CT molecular complexity index is 1750. The highest BCUT2D eigenvalue weighted by molar-refractivity contribution is 7.99. The monoisotopic (exact) mass is 656 g/mol. The number of allylic oxidation sites excluding steroid dienone is 1. The van der Waals surface area contributed by atoms with E-state index in [9.17, 15) is 9.59 Å². The minimum Gasteiger partial charge on any atom is -0.453 e. The third-order valence-corrected chi connectivity index (χ3v) is 9.00. The summed E-state index contributed by atoms with van der Waals surface area (Å²) in [5.74, 6) is -0.718. The number of carbonyl (C=O) groups is 2. The summed E-state index contributed by atoms with van der Waals surface area (Å²) in [6.45, 7) is 0.538. The predicted octanol–water partition coefficient (Wildman–Crippen LogP) is 8.34. The zero-order valence-electron chi connectivity index (χ0n) is 26.2. The highest BCUT2D eigenvalue weighted by Gasteiger charge is 2.49. The Hall–Kier alpha value is -4.79. The summed E-state index contributed by atoms with van der Waals surface area (Å²) in [5, 5.41) is 0. The first-order valence-corrected chi connectivity index (χ1v) is 16.7. The molecule has 0 unspecified atom stereocenters. The summed E-state index contributed by atoms with van der Waals surface area (Å²) in [4.78, 5) is 27.8. The van der Waals surface area contributed by atoms with Crippen LogP contribution in [0.4, 0.5) is 0 Å². The summed E-state index contributed by atoms with van der Waals surface area (Å²) < 4.78 is 26.4. The third-order valence-electron chi connectivity index (χ3n) is 7.85. The standard InChI is InChI=1S/C41H36O6S/c42-35(32-20-10-3-11-21-32)26-27-36-37(47-40(43)33-22-12-4-13-23-33)38(44-28-30-16-6-1-7-17-30)39(45-29-31-18-8-2-9-19-31)41(46-36)48-34-24-14-5-15-25-34/h1-27,36-39,41H,28-29H2/b27-26+/t36-,37-,38+,39+,41-/m1/s1. The molecule has 0 spiro atoms. The van der Waals surface area contributed by atoms with Crippen LogP contribution in [-0.2, 0) is 32.2 Å². The topological polar surface area (TPSA) is 71.1 Å². The second-order valence-corrected chi connectivity index (χ2v) is 12.4. The van der Waals surface area contributed by atoms with E-state index in [1.807, 2.05) is 115 Å². The van der Waals surface area contributed by atoms with Crippen LogP contribution < -0.4 is 0 Å². The van der Waals surface area contributed by atoms with Gasteiger partial charge in [-0.3, -0.25) is 4.79 Å². The molecule has 5 aromatic rings. The maximum Gasteiger partial charge on any atom is 0.338 e. The van der Waals surface area contributed by atoms with Crippen LogP contribution in [0.2, 0.25) is 0 Å². The largest absolute Gasteiger partial charge is 0.453 e. The van der Waals surface area contributed by atoms with Gasteiger partial charge in [0.25, 0.3) is 0 Å². The lowest BCUT2D eigenvalue weighted by Gasteiger charge is -2.45. The van der Waals surface area contributed by atoms with E-state index < -0.39 is 35.8 Å². The van der Waals surface area contributed by atoms with Crippen molar-refractivity contribution < 1.29 is 28.5 Å². The molecule has 1 aliphatic rings. The normalized spacial score (nSPS) is 20.7. The molecule has 1 fully saturated rings. The Balaban J connectivity index is 1.39. The Morgan fingerprint density at radius 2 is 1.06 bits per heavy atom. The molecule has 6 rings (SSSR count). The molecular formula is C41H36O6S. The van der Waals surface area contributed by atoms with Gasteiger partial charge in [-0.2, -0.15) is 0 Å². The summed E-state index contributed by atoms with van der Waals surface area (Å²) in [7, 11) is 0. The van der Waals surface area contributed by atoms with Gasteiger partial charge in [0.15, 0.2) is 11.9 Å². The molecule has 0 aliphatic carbocycles. The van der Waals surface area contributed by atoms with Crippen LogP contribution in [0.25, 0.3) is 0 Å². The molecule has 0 aromatic heterocycles. The van der Waals surface area contributed by atoms with E-state index >= 15 is 0 Å². The SMILES string of the molecule is O=C(/C=C/[C@H]1O[C@H](Sc2ccccc2)[C@@H](OCc2ccccc2)[C@@H](OCc2ccccc2)[C@@H]1OC(=O)c1ccccc1)c1ccccc1. The molecule has 0 N–H and O–H groups in total. The molecule has 7 heteroatoms. The van der Waals surface area contributed by atoms with Crippen molar-refractivity contribution in [2.45, 2.75) is 48.0 Å². The van der Waals surface area contributed by atoms with Gasteiger partial charge in [0.1, 0.15) is 23.7 Å². The zero-order valence-corrected chi connectivity index (χ0v) is 27.1. The van der Waals surface area contributed by atoms with Crippen LogP contribution >= 0.6 is 11.8 Å². The minimum atomic E-state index is -0.949. The lowest BCUT2D eigenvalue weighted by Crippen LogP contribution is -2.59. The van der Waals surface area contributed by atoms with Crippen LogP contribution in [-0.4, -0.2) is 41.6 Å². The maximum atomic E-state index is 13.6. The number of thioether (sulfide) groups is 1. The van der Waals surface area contributed by atoms with Crippen molar-refractivity contribution in [2.24, 2.45) is 0 Å². The molecule has 1 aliphatic heterocycles. The van der Waals surface area contributed by atoms with Gasteiger partial charge >= 0.3 is 5.97 Å². The van der Waals surface area contributed by atoms with Gasteiger partial charge in [0, 0.05) is 10.5 Å². The fourth-order valence-electron chi connectivity index (χ4n) is 5.40. The highest BCUT2D eigenvalue weighted by atomic mass is 32.2. The summed E-state index contributed by atoms with van der Waals surface area (Å²) in [5.41, 5.74) is 2.29. The van der Waals surface area contributed by atoms with E-state index in [0.717, 1.165) is 16.0 Å². The summed E-state index contributed by atoms with van der Waals surface area (Å²) in [6, 6.07) is 47.4. The quantitative estimate of drug-likeness (QED) is 0.0717. The molecule has 0 radical (unpaired) electrons. The molecule has 0 bridgehead atoms. The van der Waals surface area contributed by atoms with Crippen molar-refractivity contribution in [1.29, 1.82) is 0 Å². The molecule has 48 heavy (non-hydrogen) atoms. The number of esters is 1. The van der Waals surface area contributed by atoms with Crippen LogP contribution in [0.5, 0.6) is 0 Å². The van der Waals surface area contributed by atoms with Crippen LogP contribution in [0.1, 0.15) is 31.8 Å². The van der Waals surface area contributed by atoms with Gasteiger partial charge in [0.05, 0.1) is 18.8 Å². The molecule has 1 heterocycles. The molecular weight excluding hydrogens is 621 g/mol. The van der Waals surface area contributed by atoms with Gasteiger partial charge in [0.2, 0.25) is 0 Å². The van der Waals surface area contributed by atoms with Gasteiger partial charge in [-0.25, -0.2) is 4.79 Å². The Kier molecular flexibility index (Phi) is 11.6. The van der Waals surface area contributed by atoms with Crippen molar-refractivity contribution >= 4 is 23.5 Å². The van der Waals surface area contributed by atoms with Gasteiger partial charge in [-0.1, -0.05) is 139 Å². The predicted molar refractivity (Wildman–Crippen MR) is 187 cm³/mol. The van der Waals surface area contributed by atoms with Gasteiger partial charge in [-0.15, -0.1) is 0 Å². The number of carbonyl (C=O) groups excluding carboxylic acids is 2. The number of rotatable bonds is 13. The maximum absolute atomic E-state index is 13.6. The second kappa shape index (κ2) is 16.9. The lowest BCUT2D eigenvalue weighted by atomic mass is 9.97. The van der Waals surface area contributed by atoms with E-state index in [-0.39, 0.29) is 19.0 Å². The molecule has 242 valence electrons. The first-order valence-electron chi connectivity index (χ1n) is 15.9. The molecule has 6 nitrogen and oxygen atoms in total. The molecule has 5 atom stereocenters. The van der Waals surface area contributed by atoms with E-state index in [1.54, 1.807) is 42.5 Å². The van der Waals surface area contributed by atoms with E-state index in [2.05, 4.69) is 0 Å². The Labute approximate surface area is 285 Å². The van der Waals surface area contributed by atoms with E-state index in [1.165, 1.54) is 17.8 Å². The Morgan fingerprint density at radius 3 is 1.62 bits per heavy atom. The van der Waals surface area contributed by atoms with Crippen LogP contribution in [0, 0.1) is 0 Å². The first kappa shape index (κ1) is 33.1. The average Bonchev–Trinajstić information content (AvgIpc) is 3.15. The van der Waals surface area contributed by atoms with Crippen molar-refractivity contribution in [2.75, 3.05) is 0 Å². The van der Waals surface area contributed by atoms with Crippen LogP contribution in [0.3, 0.4) is 0 Å². The number of ketones is 1. The van der Waals surface area contributed by atoms with E-state index in [4.69, 9.17) is 18.9 Å². The van der Waals surface area contributed by atoms with Crippen molar-refractivity contribution in [3.05, 3.63) is 186 Å². The number of ether oxygens (including phenoxy) is 4. The molecule has 5 aromatic carbocycles. The van der Waals surface area contributed by atoms with Crippen LogP contribution in [0.15, 0.2) is 169 Å². The fraction of sp³-hybridized carbons (Fsp3) is 0.171. The molecule has 0 amide bonds. The number of benzene rings is 5. The average molecular weight is 657 g/mol. The fourth-order valence-corrected chi connectivity index (χ4v) is 6.53. The first-order chi connectivity index (χ1) is 23.6. The van der Waals surface area contributed by atoms with E-state index in [0.29, 0.717) is 11.1 Å². The molecule has 0 saturated carbocycles. The third kappa shape index (κ3) is 8.97. The summed E-state index contributed by atoms with van der Waals surface area (Å²) >= 11 is 1.50. The van der Waals surface area contributed by atoms with Gasteiger partial charge in [-0.05, 0) is 47.5 Å². The van der Waals surface area contributed by atoms with Gasteiger partial charge < -0.3 is 18.9 Å². The number of hydrogen-bond donors (Lipinski definition) is 0. The van der Waals surface area contributed by atoms with Crippen molar-refractivity contribution in [3.8, 4) is 0 Å². The minimum absolute atomic E-state index is 0.191. The number of hydrogen-bond acceptors (Lipinski definition) is 7. The zero-order chi connectivity index (χ0) is 33.0. The van der Waals surface area contributed by atoms with Crippen molar-refractivity contribution in [3.63, 3.8) is 0 Å².